The minimum absolute atomic E-state index is 0.0135. The van der Waals surface area contributed by atoms with E-state index < -0.39 is 0 Å². The first-order valence-corrected chi connectivity index (χ1v) is 7.85. The van der Waals surface area contributed by atoms with Crippen molar-refractivity contribution in [3.63, 3.8) is 0 Å². The molecular weight excluding hydrogens is 252 g/mol. The predicted octanol–water partition coefficient (Wildman–Crippen LogP) is 1.64. The standard InChI is InChI=1S/C15H30N4O/c1-5-16-15(18-12(4)7-6-11(2)3)17-10-14(20)19-13-8-9-13/h11-13H,5-10H2,1-4H3,(H,19,20)(H2,16,17,18). The molecule has 1 aliphatic carbocycles. The van der Waals surface area contributed by atoms with E-state index in [0.29, 0.717) is 18.0 Å². The first kappa shape index (κ1) is 16.8. The van der Waals surface area contributed by atoms with Crippen LogP contribution in [-0.2, 0) is 4.79 Å². The second-order valence-corrected chi connectivity index (χ2v) is 6.05. The van der Waals surface area contributed by atoms with Crippen LogP contribution in [-0.4, -0.2) is 37.0 Å². The third-order valence-electron chi connectivity index (χ3n) is 3.23. The molecule has 0 heterocycles. The van der Waals surface area contributed by atoms with E-state index in [9.17, 15) is 4.79 Å². The molecule has 0 radical (unpaired) electrons. The van der Waals surface area contributed by atoms with Crippen LogP contribution in [0.1, 0.15) is 53.4 Å². The Hall–Kier alpha value is -1.26. The van der Waals surface area contributed by atoms with Crippen molar-refractivity contribution in [1.82, 2.24) is 16.0 Å². The Morgan fingerprint density at radius 1 is 1.25 bits per heavy atom. The smallest absolute Gasteiger partial charge is 0.242 e. The molecule has 0 saturated heterocycles. The van der Waals surface area contributed by atoms with Crippen LogP contribution in [0.25, 0.3) is 0 Å². The van der Waals surface area contributed by atoms with Gasteiger partial charge in [0, 0.05) is 18.6 Å². The number of nitrogens with zero attached hydrogens (tertiary/aromatic N) is 1. The molecule has 1 aliphatic rings. The molecule has 0 bridgehead atoms. The van der Waals surface area contributed by atoms with E-state index in [1.165, 1.54) is 6.42 Å². The number of hydrogen-bond donors (Lipinski definition) is 3. The Labute approximate surface area is 123 Å². The summed E-state index contributed by atoms with van der Waals surface area (Å²) in [4.78, 5) is 16.0. The summed E-state index contributed by atoms with van der Waals surface area (Å²) < 4.78 is 0. The summed E-state index contributed by atoms with van der Waals surface area (Å²) in [5.41, 5.74) is 0. The van der Waals surface area contributed by atoms with Gasteiger partial charge in [0.15, 0.2) is 5.96 Å². The van der Waals surface area contributed by atoms with Crippen LogP contribution >= 0.6 is 0 Å². The Bertz CT molecular complexity index is 324. The van der Waals surface area contributed by atoms with Crippen molar-refractivity contribution >= 4 is 11.9 Å². The van der Waals surface area contributed by atoms with Gasteiger partial charge in [-0.2, -0.15) is 0 Å². The third-order valence-corrected chi connectivity index (χ3v) is 3.23. The first-order valence-electron chi connectivity index (χ1n) is 7.85. The number of carbonyl (C=O) groups is 1. The highest BCUT2D eigenvalue weighted by molar-refractivity contribution is 5.85. The molecule has 20 heavy (non-hydrogen) atoms. The number of guanidine groups is 1. The second kappa shape index (κ2) is 8.82. The maximum Gasteiger partial charge on any atom is 0.242 e. The number of carbonyl (C=O) groups excluding carboxylic acids is 1. The normalized spacial score (nSPS) is 16.9. The molecule has 1 fully saturated rings. The number of hydrogen-bond acceptors (Lipinski definition) is 2. The van der Waals surface area contributed by atoms with E-state index >= 15 is 0 Å². The fraction of sp³-hybridized carbons (Fsp3) is 0.867. The number of rotatable bonds is 8. The van der Waals surface area contributed by atoms with Gasteiger partial charge in [0.25, 0.3) is 0 Å². The van der Waals surface area contributed by atoms with E-state index in [-0.39, 0.29) is 12.5 Å². The molecule has 0 aliphatic heterocycles. The highest BCUT2D eigenvalue weighted by Crippen LogP contribution is 2.18. The molecule has 1 unspecified atom stereocenters. The van der Waals surface area contributed by atoms with Crippen molar-refractivity contribution < 1.29 is 4.79 Å². The number of amides is 1. The van der Waals surface area contributed by atoms with Crippen molar-refractivity contribution in [2.75, 3.05) is 13.1 Å². The van der Waals surface area contributed by atoms with Gasteiger partial charge in [0.2, 0.25) is 5.91 Å². The maximum absolute atomic E-state index is 11.6. The average molecular weight is 282 g/mol. The summed E-state index contributed by atoms with van der Waals surface area (Å²) in [7, 11) is 0. The Morgan fingerprint density at radius 3 is 2.50 bits per heavy atom. The number of aliphatic imine (C=N–C) groups is 1. The summed E-state index contributed by atoms with van der Waals surface area (Å²) in [5, 5.41) is 9.48. The highest BCUT2D eigenvalue weighted by Gasteiger charge is 2.22. The van der Waals surface area contributed by atoms with Crippen LogP contribution in [0.4, 0.5) is 0 Å². The molecular formula is C15H30N4O. The summed E-state index contributed by atoms with van der Waals surface area (Å²) in [6.07, 6.45) is 4.52. The van der Waals surface area contributed by atoms with Gasteiger partial charge in [0.1, 0.15) is 6.54 Å². The van der Waals surface area contributed by atoms with Gasteiger partial charge in [-0.25, -0.2) is 4.99 Å². The van der Waals surface area contributed by atoms with Gasteiger partial charge < -0.3 is 16.0 Å². The zero-order chi connectivity index (χ0) is 15.0. The summed E-state index contributed by atoms with van der Waals surface area (Å²) >= 11 is 0. The second-order valence-electron chi connectivity index (χ2n) is 6.05. The SMILES string of the molecule is CCNC(=NCC(=O)NC1CC1)NC(C)CCC(C)C. The van der Waals surface area contributed by atoms with Crippen molar-refractivity contribution in [2.45, 2.75) is 65.5 Å². The van der Waals surface area contributed by atoms with E-state index in [2.05, 4.69) is 41.7 Å². The molecule has 1 amide bonds. The molecule has 116 valence electrons. The summed E-state index contributed by atoms with van der Waals surface area (Å²) in [5.74, 6) is 1.46. The lowest BCUT2D eigenvalue weighted by molar-refractivity contribution is -0.119. The molecule has 1 atom stereocenters. The predicted molar refractivity (Wildman–Crippen MR) is 83.8 cm³/mol. The topological polar surface area (TPSA) is 65.5 Å². The van der Waals surface area contributed by atoms with Crippen LogP contribution in [0.15, 0.2) is 4.99 Å². The van der Waals surface area contributed by atoms with Crippen molar-refractivity contribution in [2.24, 2.45) is 10.9 Å². The molecule has 3 N–H and O–H groups in total. The van der Waals surface area contributed by atoms with Crippen LogP contribution in [0, 0.1) is 5.92 Å². The molecule has 0 aromatic carbocycles. The van der Waals surface area contributed by atoms with Gasteiger partial charge in [-0.05, 0) is 45.4 Å². The molecule has 5 nitrogen and oxygen atoms in total. The zero-order valence-electron chi connectivity index (χ0n) is 13.3. The Morgan fingerprint density at radius 2 is 1.95 bits per heavy atom. The van der Waals surface area contributed by atoms with Crippen LogP contribution < -0.4 is 16.0 Å². The quantitative estimate of drug-likeness (QED) is 0.468. The Balaban J connectivity index is 2.34. The first-order chi connectivity index (χ1) is 9.51. The maximum atomic E-state index is 11.6. The molecule has 1 rings (SSSR count). The van der Waals surface area contributed by atoms with E-state index in [1.807, 2.05) is 6.92 Å². The van der Waals surface area contributed by atoms with Crippen LogP contribution in [0.2, 0.25) is 0 Å². The van der Waals surface area contributed by atoms with Crippen molar-refractivity contribution in [3.8, 4) is 0 Å². The highest BCUT2D eigenvalue weighted by atomic mass is 16.2. The summed E-state index contributed by atoms with van der Waals surface area (Å²) in [6, 6.07) is 0.764. The molecule has 5 heteroatoms. The molecule has 1 saturated carbocycles. The van der Waals surface area contributed by atoms with E-state index in [0.717, 1.165) is 31.8 Å². The molecule has 0 aromatic rings. The van der Waals surface area contributed by atoms with Gasteiger partial charge in [-0.1, -0.05) is 13.8 Å². The third kappa shape index (κ3) is 8.02. The minimum Gasteiger partial charge on any atom is -0.357 e. The van der Waals surface area contributed by atoms with Crippen molar-refractivity contribution in [1.29, 1.82) is 0 Å². The van der Waals surface area contributed by atoms with Crippen LogP contribution in [0.3, 0.4) is 0 Å². The Kier molecular flexibility index (Phi) is 7.41. The fourth-order valence-electron chi connectivity index (χ4n) is 1.86. The monoisotopic (exact) mass is 282 g/mol. The summed E-state index contributed by atoms with van der Waals surface area (Å²) in [6.45, 7) is 9.64. The lowest BCUT2D eigenvalue weighted by atomic mass is 10.0. The van der Waals surface area contributed by atoms with Gasteiger partial charge in [0.05, 0.1) is 0 Å². The fourth-order valence-corrected chi connectivity index (χ4v) is 1.86. The largest absolute Gasteiger partial charge is 0.357 e. The van der Waals surface area contributed by atoms with E-state index in [4.69, 9.17) is 0 Å². The van der Waals surface area contributed by atoms with Gasteiger partial charge in [-0.15, -0.1) is 0 Å². The average Bonchev–Trinajstić information content (AvgIpc) is 3.17. The lowest BCUT2D eigenvalue weighted by Gasteiger charge is -2.18. The molecule has 0 aromatic heterocycles. The van der Waals surface area contributed by atoms with Crippen LogP contribution in [0.5, 0.6) is 0 Å². The van der Waals surface area contributed by atoms with E-state index in [1.54, 1.807) is 0 Å². The van der Waals surface area contributed by atoms with Gasteiger partial charge >= 0.3 is 0 Å². The van der Waals surface area contributed by atoms with Crippen molar-refractivity contribution in [3.05, 3.63) is 0 Å². The van der Waals surface area contributed by atoms with Gasteiger partial charge in [-0.3, -0.25) is 4.79 Å². The zero-order valence-corrected chi connectivity index (χ0v) is 13.3. The lowest BCUT2D eigenvalue weighted by Crippen LogP contribution is -2.43. The minimum atomic E-state index is 0.0135. The molecule has 0 spiro atoms. The number of nitrogens with one attached hydrogen (secondary N) is 3.